The van der Waals surface area contributed by atoms with Crippen LogP contribution in [0.15, 0.2) is 36.4 Å². The second kappa shape index (κ2) is 8.90. The number of hydrogen-bond donors (Lipinski definition) is 3. The van der Waals surface area contributed by atoms with Crippen molar-refractivity contribution in [2.24, 2.45) is 0 Å². The highest BCUT2D eigenvalue weighted by Crippen LogP contribution is 2.32. The first-order valence-corrected chi connectivity index (χ1v) is 10.1. The van der Waals surface area contributed by atoms with Crippen molar-refractivity contribution in [3.8, 4) is 11.5 Å². The number of anilines is 1. The first kappa shape index (κ1) is 20.5. The second-order valence-electron chi connectivity index (χ2n) is 7.38. The van der Waals surface area contributed by atoms with Gasteiger partial charge in [0.05, 0.1) is 12.1 Å². The van der Waals surface area contributed by atoms with E-state index < -0.39 is 0 Å². The summed E-state index contributed by atoms with van der Waals surface area (Å²) in [6, 6.07) is 10.2. The molecule has 0 fully saturated rings. The lowest BCUT2D eigenvalue weighted by Crippen LogP contribution is -2.31. The maximum atomic E-state index is 12.2. The minimum Gasteiger partial charge on any atom is -0.486 e. The van der Waals surface area contributed by atoms with Gasteiger partial charge in [0, 0.05) is 29.9 Å². The monoisotopic (exact) mass is 424 g/mol. The van der Waals surface area contributed by atoms with Crippen LogP contribution in [0, 0.1) is 0 Å². The number of carbonyl (C=O) groups excluding carboxylic acids is 2. The van der Waals surface area contributed by atoms with E-state index in [-0.39, 0.29) is 18.0 Å². The molecule has 0 bridgehead atoms. The summed E-state index contributed by atoms with van der Waals surface area (Å²) < 4.78 is 12.7. The third-order valence-corrected chi connectivity index (χ3v) is 4.61. The Morgan fingerprint density at radius 2 is 1.90 bits per heavy atom. The van der Waals surface area contributed by atoms with Crippen molar-refractivity contribution < 1.29 is 19.1 Å². The van der Waals surface area contributed by atoms with E-state index in [1.807, 2.05) is 13.8 Å². The van der Waals surface area contributed by atoms with Gasteiger partial charge in [0.15, 0.2) is 11.5 Å². The Morgan fingerprint density at radius 3 is 2.71 bits per heavy atom. The van der Waals surface area contributed by atoms with Crippen molar-refractivity contribution in [2.45, 2.75) is 26.4 Å². The van der Waals surface area contributed by atoms with Gasteiger partial charge >= 0.3 is 6.03 Å². The van der Waals surface area contributed by atoms with E-state index in [0.717, 1.165) is 5.52 Å². The van der Waals surface area contributed by atoms with Crippen molar-refractivity contribution in [2.75, 3.05) is 25.1 Å². The topological polar surface area (TPSA) is 119 Å². The number of carbonyl (C=O) groups is 2. The van der Waals surface area contributed by atoms with Crippen LogP contribution in [0.25, 0.3) is 11.0 Å². The third kappa shape index (κ3) is 4.85. The maximum Gasteiger partial charge on any atom is 0.319 e. The predicted octanol–water partition coefficient (Wildman–Crippen LogP) is 2.16. The van der Waals surface area contributed by atoms with E-state index in [1.54, 1.807) is 41.1 Å². The molecule has 162 valence electrons. The molecule has 4 rings (SSSR count). The fraction of sp³-hybridized carbons (Fsp3) is 0.333. The second-order valence-corrected chi connectivity index (χ2v) is 7.38. The smallest absolute Gasteiger partial charge is 0.319 e. The number of benzene rings is 2. The maximum absolute atomic E-state index is 12.2. The summed E-state index contributed by atoms with van der Waals surface area (Å²) in [4.78, 5) is 24.3. The Hall–Kier alpha value is -3.82. The van der Waals surface area contributed by atoms with E-state index >= 15 is 0 Å². The zero-order chi connectivity index (χ0) is 21.8. The molecule has 0 atom stereocenters. The SMILES string of the molecule is CC(C)NC(=O)c1ccc2c(c1)nnn2CCNC(=O)Nc1ccc2c(c1)OCCO2. The van der Waals surface area contributed by atoms with E-state index in [2.05, 4.69) is 26.3 Å². The van der Waals surface area contributed by atoms with E-state index in [1.165, 1.54) is 0 Å². The Labute approximate surface area is 178 Å². The Bertz CT molecular complexity index is 1110. The molecule has 0 radical (unpaired) electrons. The first-order chi connectivity index (χ1) is 15.0. The standard InChI is InChI=1S/C21H24N6O4/c1-13(2)23-20(28)14-3-5-17-16(11-14)25-26-27(17)8-7-22-21(29)24-15-4-6-18-19(12-15)31-10-9-30-18/h3-6,11-13H,7-10H2,1-2H3,(H,23,28)(H2,22,24,29). The molecule has 2 aromatic carbocycles. The van der Waals surface area contributed by atoms with Gasteiger partial charge in [-0.25, -0.2) is 9.48 Å². The number of amides is 3. The van der Waals surface area contributed by atoms with Crippen molar-refractivity contribution in [3.05, 3.63) is 42.0 Å². The number of nitrogens with one attached hydrogen (secondary N) is 3. The molecule has 1 aliphatic heterocycles. The van der Waals surface area contributed by atoms with Crippen LogP contribution in [0.5, 0.6) is 11.5 Å². The van der Waals surface area contributed by atoms with Crippen LogP contribution in [0.2, 0.25) is 0 Å². The van der Waals surface area contributed by atoms with Crippen LogP contribution in [0.4, 0.5) is 10.5 Å². The molecule has 0 spiro atoms. The van der Waals surface area contributed by atoms with Gasteiger partial charge in [0.2, 0.25) is 0 Å². The highest BCUT2D eigenvalue weighted by Gasteiger charge is 2.13. The van der Waals surface area contributed by atoms with Crippen molar-refractivity contribution in [1.82, 2.24) is 25.6 Å². The van der Waals surface area contributed by atoms with Gasteiger partial charge in [-0.2, -0.15) is 0 Å². The molecule has 1 aromatic heterocycles. The quantitative estimate of drug-likeness (QED) is 0.558. The zero-order valence-corrected chi connectivity index (χ0v) is 17.3. The lowest BCUT2D eigenvalue weighted by Gasteiger charge is -2.19. The lowest BCUT2D eigenvalue weighted by atomic mass is 10.2. The molecule has 0 saturated heterocycles. The summed E-state index contributed by atoms with van der Waals surface area (Å²) in [6.07, 6.45) is 0. The molecule has 2 heterocycles. The highest BCUT2D eigenvalue weighted by molar-refractivity contribution is 5.97. The van der Waals surface area contributed by atoms with Crippen molar-refractivity contribution >= 4 is 28.7 Å². The minimum atomic E-state index is -0.339. The normalized spacial score (nSPS) is 12.6. The van der Waals surface area contributed by atoms with Gasteiger partial charge in [0.1, 0.15) is 18.7 Å². The summed E-state index contributed by atoms with van der Waals surface area (Å²) in [5.74, 6) is 1.13. The van der Waals surface area contributed by atoms with Gasteiger partial charge in [-0.3, -0.25) is 4.79 Å². The summed E-state index contributed by atoms with van der Waals surface area (Å²) in [5, 5.41) is 16.7. The number of urea groups is 1. The van der Waals surface area contributed by atoms with Gasteiger partial charge in [0.25, 0.3) is 5.91 Å². The molecule has 0 aliphatic carbocycles. The Morgan fingerprint density at radius 1 is 1.10 bits per heavy atom. The number of hydrogen-bond acceptors (Lipinski definition) is 6. The van der Waals surface area contributed by atoms with Crippen LogP contribution in [0.1, 0.15) is 24.2 Å². The number of nitrogens with zero attached hydrogens (tertiary/aromatic N) is 3. The fourth-order valence-corrected chi connectivity index (χ4v) is 3.20. The Balaban J connectivity index is 1.32. The molecule has 0 saturated carbocycles. The number of aromatic nitrogens is 3. The molecular formula is C21H24N6O4. The molecule has 3 aromatic rings. The third-order valence-electron chi connectivity index (χ3n) is 4.61. The minimum absolute atomic E-state index is 0.0539. The Kier molecular flexibility index (Phi) is 5.87. The molecule has 10 nitrogen and oxygen atoms in total. The van der Waals surface area contributed by atoms with Crippen LogP contribution < -0.4 is 25.4 Å². The van der Waals surface area contributed by atoms with Gasteiger partial charge in [-0.15, -0.1) is 5.10 Å². The molecule has 3 amide bonds. The fourth-order valence-electron chi connectivity index (χ4n) is 3.20. The summed E-state index contributed by atoms with van der Waals surface area (Å²) in [7, 11) is 0. The van der Waals surface area contributed by atoms with Crippen LogP contribution in [0.3, 0.4) is 0 Å². The summed E-state index contributed by atoms with van der Waals surface area (Å²) in [5.41, 5.74) is 2.55. The molecule has 3 N–H and O–H groups in total. The highest BCUT2D eigenvalue weighted by atomic mass is 16.6. The number of fused-ring (bicyclic) bond motifs is 2. The van der Waals surface area contributed by atoms with Crippen LogP contribution >= 0.6 is 0 Å². The van der Waals surface area contributed by atoms with Crippen LogP contribution in [-0.4, -0.2) is 52.7 Å². The van der Waals surface area contributed by atoms with E-state index in [4.69, 9.17) is 9.47 Å². The van der Waals surface area contributed by atoms with Crippen LogP contribution in [-0.2, 0) is 6.54 Å². The number of ether oxygens (including phenoxy) is 2. The molecule has 0 unspecified atom stereocenters. The zero-order valence-electron chi connectivity index (χ0n) is 17.3. The summed E-state index contributed by atoms with van der Waals surface area (Å²) in [6.45, 7) is 5.60. The van der Waals surface area contributed by atoms with Gasteiger partial charge < -0.3 is 25.4 Å². The molecule has 10 heteroatoms. The molecule has 31 heavy (non-hydrogen) atoms. The van der Waals surface area contributed by atoms with Crippen molar-refractivity contribution in [1.29, 1.82) is 0 Å². The molecular weight excluding hydrogens is 400 g/mol. The number of rotatable bonds is 6. The first-order valence-electron chi connectivity index (χ1n) is 10.1. The lowest BCUT2D eigenvalue weighted by molar-refractivity contribution is 0.0943. The van der Waals surface area contributed by atoms with Crippen molar-refractivity contribution in [3.63, 3.8) is 0 Å². The predicted molar refractivity (Wildman–Crippen MR) is 115 cm³/mol. The largest absolute Gasteiger partial charge is 0.486 e. The summed E-state index contributed by atoms with van der Waals surface area (Å²) >= 11 is 0. The molecule has 1 aliphatic rings. The van der Waals surface area contributed by atoms with Gasteiger partial charge in [-0.1, -0.05) is 5.21 Å². The van der Waals surface area contributed by atoms with E-state index in [9.17, 15) is 9.59 Å². The average Bonchev–Trinajstić information content (AvgIpc) is 3.15. The average molecular weight is 424 g/mol. The van der Waals surface area contributed by atoms with E-state index in [0.29, 0.717) is 54.6 Å². The van der Waals surface area contributed by atoms with Gasteiger partial charge in [-0.05, 0) is 44.2 Å².